The first-order chi connectivity index (χ1) is 14.5. The van der Waals surface area contributed by atoms with Crippen molar-refractivity contribution in [1.82, 2.24) is 10.6 Å². The number of furan rings is 1. The summed E-state index contributed by atoms with van der Waals surface area (Å²) in [4.78, 5) is 35.3. The normalized spacial score (nSPS) is 11.6. The van der Waals surface area contributed by atoms with Gasteiger partial charge in [-0.15, -0.1) is 0 Å². The summed E-state index contributed by atoms with van der Waals surface area (Å²) >= 11 is 1.56. The lowest BCUT2D eigenvalue weighted by molar-refractivity contribution is -0.384. The van der Waals surface area contributed by atoms with Crippen molar-refractivity contribution in [3.8, 4) is 0 Å². The molecule has 10 heteroatoms. The highest BCUT2D eigenvalue weighted by molar-refractivity contribution is 7.98. The molecular formula is C20H25N3O6S. The minimum absolute atomic E-state index is 0.137. The van der Waals surface area contributed by atoms with Crippen LogP contribution in [0, 0.1) is 10.1 Å². The Balaban J connectivity index is 1.81. The SMILES string of the molecule is CSCCC(NC(=O)c1cccc([N+](=O)[O-])c1)C(=O)NCCCOCc1ccco1. The van der Waals surface area contributed by atoms with Crippen molar-refractivity contribution in [3.63, 3.8) is 0 Å². The van der Waals surface area contributed by atoms with Gasteiger partial charge in [0.2, 0.25) is 5.91 Å². The van der Waals surface area contributed by atoms with Crippen molar-refractivity contribution >= 4 is 29.3 Å². The Labute approximate surface area is 178 Å². The van der Waals surface area contributed by atoms with Gasteiger partial charge >= 0.3 is 0 Å². The number of carbonyl (C=O) groups excluding carboxylic acids is 2. The molecule has 1 atom stereocenters. The number of non-ortho nitro benzene ring substituents is 1. The number of hydrogen-bond acceptors (Lipinski definition) is 7. The molecule has 0 saturated carbocycles. The molecule has 0 spiro atoms. The number of nitrogens with zero attached hydrogens (tertiary/aromatic N) is 1. The molecule has 0 aliphatic heterocycles. The predicted molar refractivity (Wildman–Crippen MR) is 113 cm³/mol. The van der Waals surface area contributed by atoms with Crippen molar-refractivity contribution in [2.45, 2.75) is 25.5 Å². The molecule has 9 nitrogen and oxygen atoms in total. The summed E-state index contributed by atoms with van der Waals surface area (Å²) in [6.45, 7) is 1.23. The van der Waals surface area contributed by atoms with Crippen LogP contribution < -0.4 is 10.6 Å². The van der Waals surface area contributed by atoms with E-state index in [0.29, 0.717) is 38.4 Å². The van der Waals surface area contributed by atoms with Gasteiger partial charge in [0.1, 0.15) is 18.4 Å². The summed E-state index contributed by atoms with van der Waals surface area (Å²) in [6.07, 6.45) is 4.55. The molecule has 0 aliphatic rings. The molecule has 2 rings (SSSR count). The number of amides is 2. The Hall–Kier alpha value is -2.85. The fourth-order valence-electron chi connectivity index (χ4n) is 2.58. The van der Waals surface area contributed by atoms with Crippen molar-refractivity contribution in [2.75, 3.05) is 25.2 Å². The van der Waals surface area contributed by atoms with Crippen molar-refractivity contribution in [1.29, 1.82) is 0 Å². The first kappa shape index (κ1) is 23.4. The van der Waals surface area contributed by atoms with Crippen LogP contribution in [-0.2, 0) is 16.1 Å². The Morgan fingerprint density at radius 2 is 2.13 bits per heavy atom. The summed E-state index contributed by atoms with van der Waals surface area (Å²) in [7, 11) is 0. The lowest BCUT2D eigenvalue weighted by atomic mass is 10.1. The standard InChI is InChI=1S/C20H25N3O6S/c1-30-12-8-18(22-19(24)15-5-2-6-16(13-15)23(26)27)20(25)21-9-4-10-28-14-17-7-3-11-29-17/h2-3,5-7,11,13,18H,4,8-10,12,14H2,1H3,(H,21,25)(H,22,24). The van der Waals surface area contributed by atoms with Crippen LogP contribution in [0.15, 0.2) is 47.1 Å². The van der Waals surface area contributed by atoms with Gasteiger partial charge in [-0.3, -0.25) is 19.7 Å². The molecule has 0 radical (unpaired) electrons. The molecule has 2 N–H and O–H groups in total. The van der Waals surface area contributed by atoms with E-state index in [0.717, 1.165) is 5.76 Å². The quantitative estimate of drug-likeness (QED) is 0.282. The van der Waals surface area contributed by atoms with Crippen molar-refractivity contribution in [2.24, 2.45) is 0 Å². The molecule has 0 bridgehead atoms. The highest BCUT2D eigenvalue weighted by atomic mass is 32.2. The van der Waals surface area contributed by atoms with Gasteiger partial charge in [0, 0.05) is 30.8 Å². The molecule has 1 heterocycles. The number of thioether (sulfide) groups is 1. The summed E-state index contributed by atoms with van der Waals surface area (Å²) in [6, 6.07) is 8.29. The molecule has 1 aromatic carbocycles. The van der Waals surface area contributed by atoms with Crippen LogP contribution in [-0.4, -0.2) is 47.9 Å². The zero-order chi connectivity index (χ0) is 21.8. The predicted octanol–water partition coefficient (Wildman–Crippen LogP) is 2.76. The molecule has 0 saturated heterocycles. The summed E-state index contributed by atoms with van der Waals surface area (Å²) < 4.78 is 10.6. The topological polar surface area (TPSA) is 124 Å². The largest absolute Gasteiger partial charge is 0.467 e. The van der Waals surface area contributed by atoms with Gasteiger partial charge in [0.15, 0.2) is 0 Å². The second-order valence-corrected chi connectivity index (χ2v) is 7.38. The molecule has 162 valence electrons. The van der Waals surface area contributed by atoms with Gasteiger partial charge in [0.05, 0.1) is 11.2 Å². The third-order valence-electron chi connectivity index (χ3n) is 4.14. The van der Waals surface area contributed by atoms with Gasteiger partial charge in [-0.2, -0.15) is 11.8 Å². The summed E-state index contributed by atoms with van der Waals surface area (Å²) in [5, 5.41) is 16.4. The van der Waals surface area contributed by atoms with Crippen molar-refractivity contribution in [3.05, 3.63) is 64.1 Å². The van der Waals surface area contributed by atoms with Crippen LogP contribution in [0.2, 0.25) is 0 Å². The Morgan fingerprint density at radius 3 is 2.83 bits per heavy atom. The maximum Gasteiger partial charge on any atom is 0.270 e. The molecule has 1 aromatic heterocycles. The maximum atomic E-state index is 12.5. The Bertz CT molecular complexity index is 828. The number of nitrogens with one attached hydrogen (secondary N) is 2. The van der Waals surface area contributed by atoms with E-state index in [9.17, 15) is 19.7 Å². The fraction of sp³-hybridized carbons (Fsp3) is 0.400. The van der Waals surface area contributed by atoms with Gasteiger partial charge in [-0.1, -0.05) is 6.07 Å². The van der Waals surface area contributed by atoms with Crippen molar-refractivity contribution < 1.29 is 23.7 Å². The molecule has 0 fully saturated rings. The fourth-order valence-corrected chi connectivity index (χ4v) is 3.05. The Kier molecular flexibility index (Phi) is 9.88. The molecular weight excluding hydrogens is 410 g/mol. The summed E-state index contributed by atoms with van der Waals surface area (Å²) in [5.74, 6) is 0.593. The van der Waals surface area contributed by atoms with E-state index in [1.807, 2.05) is 12.3 Å². The van der Waals surface area contributed by atoms with Crippen LogP contribution in [0.3, 0.4) is 0 Å². The number of hydrogen-bond donors (Lipinski definition) is 2. The van der Waals surface area contributed by atoms with Gasteiger partial charge in [-0.05, 0) is 43.0 Å². The lowest BCUT2D eigenvalue weighted by Gasteiger charge is -2.18. The molecule has 2 amide bonds. The average Bonchev–Trinajstić information content (AvgIpc) is 3.26. The average molecular weight is 436 g/mol. The van der Waals surface area contributed by atoms with E-state index < -0.39 is 16.9 Å². The minimum atomic E-state index is -0.728. The van der Waals surface area contributed by atoms with E-state index in [-0.39, 0.29) is 17.2 Å². The number of ether oxygens (including phenoxy) is 1. The first-order valence-corrected chi connectivity index (χ1v) is 10.8. The minimum Gasteiger partial charge on any atom is -0.467 e. The summed E-state index contributed by atoms with van der Waals surface area (Å²) in [5.41, 5.74) is -0.0419. The van der Waals surface area contributed by atoms with E-state index >= 15 is 0 Å². The van der Waals surface area contributed by atoms with E-state index in [4.69, 9.17) is 9.15 Å². The maximum absolute atomic E-state index is 12.5. The highest BCUT2D eigenvalue weighted by Gasteiger charge is 2.21. The first-order valence-electron chi connectivity index (χ1n) is 9.43. The van der Waals surface area contributed by atoms with Crippen LogP contribution in [0.25, 0.3) is 0 Å². The monoisotopic (exact) mass is 435 g/mol. The second-order valence-electron chi connectivity index (χ2n) is 6.39. The van der Waals surface area contributed by atoms with E-state index in [1.54, 1.807) is 24.1 Å². The third kappa shape index (κ3) is 7.88. The van der Waals surface area contributed by atoms with Gasteiger partial charge < -0.3 is 19.8 Å². The second kappa shape index (κ2) is 12.7. The zero-order valence-electron chi connectivity index (χ0n) is 16.7. The van der Waals surface area contributed by atoms with Gasteiger partial charge in [0.25, 0.3) is 11.6 Å². The van der Waals surface area contributed by atoms with Crippen LogP contribution in [0.4, 0.5) is 5.69 Å². The number of carbonyl (C=O) groups is 2. The zero-order valence-corrected chi connectivity index (χ0v) is 17.5. The molecule has 30 heavy (non-hydrogen) atoms. The highest BCUT2D eigenvalue weighted by Crippen LogP contribution is 2.13. The smallest absolute Gasteiger partial charge is 0.270 e. The molecule has 0 aliphatic carbocycles. The molecule has 2 aromatic rings. The van der Waals surface area contributed by atoms with Crippen LogP contribution in [0.5, 0.6) is 0 Å². The third-order valence-corrected chi connectivity index (χ3v) is 4.78. The number of nitro groups is 1. The van der Waals surface area contributed by atoms with E-state index in [1.165, 1.54) is 24.3 Å². The molecule has 1 unspecified atom stereocenters. The number of benzene rings is 1. The van der Waals surface area contributed by atoms with Crippen LogP contribution >= 0.6 is 11.8 Å². The van der Waals surface area contributed by atoms with Gasteiger partial charge in [-0.25, -0.2) is 0 Å². The number of rotatable bonds is 13. The Morgan fingerprint density at radius 1 is 1.30 bits per heavy atom. The van der Waals surface area contributed by atoms with E-state index in [2.05, 4.69) is 10.6 Å². The van der Waals surface area contributed by atoms with Crippen LogP contribution in [0.1, 0.15) is 29.0 Å². The lowest BCUT2D eigenvalue weighted by Crippen LogP contribution is -2.47. The number of nitro benzene ring substituents is 1.